The molecule has 0 bridgehead atoms. The lowest BCUT2D eigenvalue weighted by Crippen LogP contribution is -2.22. The minimum atomic E-state index is -0.357. The van der Waals surface area contributed by atoms with Crippen molar-refractivity contribution in [1.82, 2.24) is 0 Å². The topological polar surface area (TPSA) is 52.6 Å². The van der Waals surface area contributed by atoms with E-state index in [1.54, 1.807) is 0 Å². The van der Waals surface area contributed by atoms with Gasteiger partial charge in [0.15, 0.2) is 0 Å². The maximum atomic E-state index is 11.9. The molecule has 0 spiro atoms. The second-order valence-corrected chi connectivity index (χ2v) is 4.97. The van der Waals surface area contributed by atoms with Crippen LogP contribution in [0.3, 0.4) is 0 Å². The van der Waals surface area contributed by atoms with E-state index < -0.39 is 0 Å². The summed E-state index contributed by atoms with van der Waals surface area (Å²) in [7, 11) is 1.34. The molecule has 1 atom stereocenters. The van der Waals surface area contributed by atoms with E-state index in [0.29, 0.717) is 18.9 Å². The van der Waals surface area contributed by atoms with Gasteiger partial charge in [-0.05, 0) is 18.8 Å². The number of ether oxygens (including phenoxy) is 2. The van der Waals surface area contributed by atoms with Crippen LogP contribution in [0.1, 0.15) is 52.9 Å². The zero-order valence-electron chi connectivity index (χ0n) is 12.0. The van der Waals surface area contributed by atoms with Crippen molar-refractivity contribution in [3.63, 3.8) is 0 Å². The zero-order valence-corrected chi connectivity index (χ0v) is 12.0. The van der Waals surface area contributed by atoms with Crippen molar-refractivity contribution < 1.29 is 19.1 Å². The highest BCUT2D eigenvalue weighted by Gasteiger charge is 2.23. The van der Waals surface area contributed by atoms with Gasteiger partial charge in [0, 0.05) is 0 Å². The smallest absolute Gasteiger partial charge is 0.309 e. The van der Waals surface area contributed by atoms with Crippen LogP contribution in [0.25, 0.3) is 0 Å². The average Bonchev–Trinajstić information content (AvgIpc) is 2.33. The van der Waals surface area contributed by atoms with Crippen LogP contribution in [0.15, 0.2) is 0 Å². The number of methoxy groups -OCH3 is 1. The Hall–Kier alpha value is -1.06. The predicted octanol–water partition coefficient (Wildman–Crippen LogP) is 2.95. The first-order valence-electron chi connectivity index (χ1n) is 6.74. The van der Waals surface area contributed by atoms with Gasteiger partial charge in [0.1, 0.15) is 0 Å². The van der Waals surface area contributed by atoms with Crippen LogP contribution in [-0.2, 0) is 19.1 Å². The van der Waals surface area contributed by atoms with Crippen LogP contribution < -0.4 is 0 Å². The van der Waals surface area contributed by atoms with E-state index in [1.165, 1.54) is 7.11 Å². The van der Waals surface area contributed by atoms with Crippen molar-refractivity contribution in [3.8, 4) is 0 Å². The van der Waals surface area contributed by atoms with Crippen molar-refractivity contribution in [3.05, 3.63) is 0 Å². The van der Waals surface area contributed by atoms with E-state index in [0.717, 1.165) is 19.3 Å². The minimum Gasteiger partial charge on any atom is -0.469 e. The van der Waals surface area contributed by atoms with Crippen LogP contribution in [0.4, 0.5) is 0 Å². The molecule has 4 heteroatoms. The fraction of sp³-hybridized carbons (Fsp3) is 0.857. The summed E-state index contributed by atoms with van der Waals surface area (Å²) in [6.07, 6.45) is 3.57. The Kier molecular flexibility index (Phi) is 9.33. The zero-order chi connectivity index (χ0) is 14.0. The Bertz CT molecular complexity index is 248. The van der Waals surface area contributed by atoms with Crippen LogP contribution in [0.5, 0.6) is 0 Å². The summed E-state index contributed by atoms with van der Waals surface area (Å²) in [6, 6.07) is 0. The third-order valence-electron chi connectivity index (χ3n) is 2.82. The first-order chi connectivity index (χ1) is 8.51. The molecular formula is C14H26O4. The Morgan fingerprint density at radius 1 is 1.17 bits per heavy atom. The summed E-state index contributed by atoms with van der Waals surface area (Å²) in [6.45, 7) is 6.65. The first kappa shape index (κ1) is 16.9. The molecule has 0 amide bonds. The number of rotatable bonds is 9. The molecule has 0 aliphatic heterocycles. The second kappa shape index (κ2) is 9.92. The van der Waals surface area contributed by atoms with Crippen molar-refractivity contribution >= 4 is 11.9 Å². The van der Waals surface area contributed by atoms with Crippen LogP contribution in [-0.4, -0.2) is 25.7 Å². The molecule has 0 radical (unpaired) electrons. The Morgan fingerprint density at radius 3 is 2.33 bits per heavy atom. The van der Waals surface area contributed by atoms with Gasteiger partial charge in [-0.3, -0.25) is 9.59 Å². The summed E-state index contributed by atoms with van der Waals surface area (Å²) in [5, 5.41) is 0. The normalized spacial score (nSPS) is 12.3. The lowest BCUT2D eigenvalue weighted by Gasteiger charge is -2.15. The molecule has 0 saturated heterocycles. The number of hydrogen-bond donors (Lipinski definition) is 0. The monoisotopic (exact) mass is 258 g/mol. The average molecular weight is 258 g/mol. The molecule has 0 aliphatic rings. The molecule has 0 aromatic carbocycles. The van der Waals surface area contributed by atoms with E-state index in [9.17, 15) is 9.59 Å². The highest BCUT2D eigenvalue weighted by Crippen LogP contribution is 2.16. The van der Waals surface area contributed by atoms with Gasteiger partial charge < -0.3 is 9.47 Å². The van der Waals surface area contributed by atoms with Crippen LogP contribution >= 0.6 is 0 Å². The molecular weight excluding hydrogens is 232 g/mol. The minimum absolute atomic E-state index is 0.122. The summed E-state index contributed by atoms with van der Waals surface area (Å²) < 4.78 is 9.82. The summed E-state index contributed by atoms with van der Waals surface area (Å²) in [5.41, 5.74) is 0. The van der Waals surface area contributed by atoms with Gasteiger partial charge in [-0.1, -0.05) is 33.6 Å². The van der Waals surface area contributed by atoms with E-state index in [4.69, 9.17) is 4.74 Å². The molecule has 106 valence electrons. The number of unbranched alkanes of at least 4 members (excludes halogenated alkanes) is 1. The lowest BCUT2D eigenvalue weighted by atomic mass is 9.99. The van der Waals surface area contributed by atoms with Gasteiger partial charge in [0.25, 0.3) is 0 Å². The fourth-order valence-electron chi connectivity index (χ4n) is 1.55. The Labute approximate surface area is 110 Å². The summed E-state index contributed by atoms with van der Waals surface area (Å²) in [4.78, 5) is 23.1. The first-order valence-corrected chi connectivity index (χ1v) is 6.74. The third kappa shape index (κ3) is 8.09. The fourth-order valence-corrected chi connectivity index (χ4v) is 1.55. The van der Waals surface area contributed by atoms with Gasteiger partial charge >= 0.3 is 11.9 Å². The van der Waals surface area contributed by atoms with Crippen molar-refractivity contribution in [2.45, 2.75) is 52.9 Å². The van der Waals surface area contributed by atoms with Crippen molar-refractivity contribution in [2.24, 2.45) is 11.8 Å². The Morgan fingerprint density at radius 2 is 1.83 bits per heavy atom. The second-order valence-electron chi connectivity index (χ2n) is 4.97. The van der Waals surface area contributed by atoms with Crippen molar-refractivity contribution in [2.75, 3.05) is 13.7 Å². The van der Waals surface area contributed by atoms with Crippen molar-refractivity contribution in [1.29, 1.82) is 0 Å². The largest absolute Gasteiger partial charge is 0.469 e. The van der Waals surface area contributed by atoms with E-state index in [2.05, 4.69) is 25.5 Å². The molecule has 0 aromatic rings. The molecule has 0 aromatic heterocycles. The van der Waals surface area contributed by atoms with Gasteiger partial charge in [-0.25, -0.2) is 0 Å². The standard InChI is InChI=1S/C14H26O4/c1-5-6-7-12(10-13(15)17-4)14(16)18-9-8-11(2)3/h11-12H,5-10H2,1-4H3. The highest BCUT2D eigenvalue weighted by molar-refractivity contribution is 5.79. The van der Waals surface area contributed by atoms with Gasteiger partial charge in [-0.15, -0.1) is 0 Å². The third-order valence-corrected chi connectivity index (χ3v) is 2.82. The van der Waals surface area contributed by atoms with E-state index >= 15 is 0 Å². The van der Waals surface area contributed by atoms with Gasteiger partial charge in [-0.2, -0.15) is 0 Å². The molecule has 4 nitrogen and oxygen atoms in total. The molecule has 0 fully saturated rings. The molecule has 0 aliphatic carbocycles. The molecule has 0 rings (SSSR count). The highest BCUT2D eigenvalue weighted by atomic mass is 16.5. The molecule has 0 saturated carbocycles. The quantitative estimate of drug-likeness (QED) is 0.597. The molecule has 18 heavy (non-hydrogen) atoms. The van der Waals surface area contributed by atoms with E-state index in [1.807, 2.05) is 0 Å². The maximum absolute atomic E-state index is 11.9. The summed E-state index contributed by atoms with van der Waals surface area (Å²) in [5.74, 6) is -0.469. The Balaban J connectivity index is 4.17. The number of carbonyl (C=O) groups excluding carboxylic acids is 2. The molecule has 0 N–H and O–H groups in total. The SMILES string of the molecule is CCCCC(CC(=O)OC)C(=O)OCCC(C)C. The molecule has 0 heterocycles. The van der Waals surface area contributed by atoms with Gasteiger partial charge in [0.2, 0.25) is 0 Å². The predicted molar refractivity (Wildman–Crippen MR) is 70.1 cm³/mol. The lowest BCUT2D eigenvalue weighted by molar-refractivity contribution is -0.154. The maximum Gasteiger partial charge on any atom is 0.309 e. The number of esters is 2. The van der Waals surface area contributed by atoms with Gasteiger partial charge in [0.05, 0.1) is 26.1 Å². The molecule has 1 unspecified atom stereocenters. The summed E-state index contributed by atoms with van der Waals surface area (Å²) >= 11 is 0. The number of carbonyl (C=O) groups is 2. The van der Waals surface area contributed by atoms with Crippen LogP contribution in [0, 0.1) is 11.8 Å². The number of hydrogen-bond acceptors (Lipinski definition) is 4. The van der Waals surface area contributed by atoms with E-state index in [-0.39, 0.29) is 24.3 Å². The van der Waals surface area contributed by atoms with Crippen LogP contribution in [0.2, 0.25) is 0 Å².